The topological polar surface area (TPSA) is 650 Å². The molecular formula is C27H21N12Na3O27S9. The van der Waals surface area contributed by atoms with Gasteiger partial charge in [0.15, 0.2) is 0 Å². The van der Waals surface area contributed by atoms with E-state index in [4.69, 9.17) is 27.3 Å². The van der Waals surface area contributed by atoms with Gasteiger partial charge in [-0.25, -0.2) is 25.3 Å². The third-order valence-electron chi connectivity index (χ3n) is 7.30. The zero-order valence-electron chi connectivity index (χ0n) is 37.9. The number of aromatic nitrogens is 9. The second-order valence-corrected chi connectivity index (χ2v) is 24.9. The summed E-state index contributed by atoms with van der Waals surface area (Å²) in [4.78, 5) is 26.1. The van der Waals surface area contributed by atoms with Gasteiger partial charge in [-0.05, 0) is 54.6 Å². The van der Waals surface area contributed by atoms with Crippen LogP contribution in [0.5, 0.6) is 0 Å². The fourth-order valence-electron chi connectivity index (χ4n) is 4.45. The zero-order chi connectivity index (χ0) is 57.1. The predicted molar refractivity (Wildman–Crippen MR) is 231 cm³/mol. The molecule has 78 heavy (non-hydrogen) atoms. The van der Waals surface area contributed by atoms with Crippen molar-refractivity contribution in [3.63, 3.8) is 0 Å². The van der Waals surface area contributed by atoms with Crippen LogP contribution in [0.4, 0.5) is 34.9 Å². The first-order valence-corrected chi connectivity index (χ1v) is 30.3. The van der Waals surface area contributed by atoms with E-state index >= 15 is 0 Å². The molecule has 0 fully saturated rings. The Balaban J connectivity index is 0.000000574. The monoisotopic (exact) mass is 1300 g/mol. The van der Waals surface area contributed by atoms with Crippen LogP contribution >= 0.6 is 0 Å². The molecule has 408 valence electrons. The van der Waals surface area contributed by atoms with Crippen LogP contribution in [0.25, 0.3) is 0 Å². The number of hydrogen-bond acceptors (Lipinski definition) is 33. The fourth-order valence-corrected chi connectivity index (χ4v) is 8.59. The fraction of sp³-hybridized carbons (Fsp3) is 0. The summed E-state index contributed by atoms with van der Waals surface area (Å²) >= 11 is 0. The van der Waals surface area contributed by atoms with Crippen molar-refractivity contribution in [2.75, 3.05) is 16.0 Å². The summed E-state index contributed by atoms with van der Waals surface area (Å²) in [5.41, 5.74) is -0.401. The molecule has 6 aromatic rings. The number of nitrogens with one attached hydrogen (secondary N) is 3. The van der Waals surface area contributed by atoms with E-state index in [1.807, 2.05) is 0 Å². The molecule has 3 heterocycles. The SMILES string of the molecule is O=S(=O)([O-])c1cccc(Nc2nc(S(=O)(=O)O)nc(S(=O)(=O)O)n2)c1.O=S(=O)([O-])c1cccc(Nc2nc(S(=O)(=O)O)nc(S(=O)(=O)O)n2)c1.O=S(=O)([O-])c1cccc(Nc2nc(S(=O)(=O)O)nc(S(=O)(=O)O)n2)c1.[Na+].[Na+].[Na+]. The maximum Gasteiger partial charge on any atom is 1.00 e. The molecule has 0 aliphatic heterocycles. The van der Waals surface area contributed by atoms with E-state index in [2.05, 4.69) is 60.8 Å². The molecule has 6 rings (SSSR count). The van der Waals surface area contributed by atoms with E-state index in [9.17, 15) is 89.4 Å². The summed E-state index contributed by atoms with van der Waals surface area (Å²) in [6.45, 7) is 0. The van der Waals surface area contributed by atoms with Crippen molar-refractivity contribution in [2.24, 2.45) is 0 Å². The Morgan fingerprint density at radius 2 is 0.462 bits per heavy atom. The molecule has 9 N–H and O–H groups in total. The Morgan fingerprint density at radius 3 is 0.603 bits per heavy atom. The van der Waals surface area contributed by atoms with Crippen LogP contribution in [0.15, 0.2) is 118 Å². The second kappa shape index (κ2) is 26.9. The predicted octanol–water partition coefficient (Wildman–Crippen LogP) is -11.9. The molecule has 0 amide bonds. The number of rotatable bonds is 15. The summed E-state index contributed by atoms with van der Waals surface area (Å²) in [6, 6.07) is 12.6. The van der Waals surface area contributed by atoms with E-state index in [1.54, 1.807) is 0 Å². The molecule has 51 heteroatoms. The van der Waals surface area contributed by atoms with Gasteiger partial charge in [0, 0.05) is 17.1 Å². The van der Waals surface area contributed by atoms with Gasteiger partial charge < -0.3 is 29.6 Å². The zero-order valence-corrected chi connectivity index (χ0v) is 51.2. The van der Waals surface area contributed by atoms with Gasteiger partial charge in [0.25, 0.3) is 30.9 Å². The quantitative estimate of drug-likeness (QED) is 0.0340. The van der Waals surface area contributed by atoms with Crippen LogP contribution in [-0.2, 0) is 91.1 Å². The number of anilines is 6. The van der Waals surface area contributed by atoms with Gasteiger partial charge in [-0.15, -0.1) is 0 Å². The maximum absolute atomic E-state index is 11.1. The van der Waals surface area contributed by atoms with Crippen molar-refractivity contribution < 1.29 is 205 Å². The number of hydrogen-bond donors (Lipinski definition) is 9. The average Bonchev–Trinajstić information content (AvgIpc) is 3.24. The normalized spacial score (nSPS) is 12.3. The van der Waals surface area contributed by atoms with E-state index in [0.29, 0.717) is 0 Å². The van der Waals surface area contributed by atoms with E-state index in [0.717, 1.165) is 54.6 Å². The third-order valence-corrected chi connectivity index (χ3v) is 13.7. The first-order chi connectivity index (χ1) is 33.8. The van der Waals surface area contributed by atoms with Gasteiger partial charge in [0.05, 0.1) is 14.7 Å². The van der Waals surface area contributed by atoms with Crippen molar-refractivity contribution in [1.82, 2.24) is 44.9 Å². The van der Waals surface area contributed by atoms with Crippen molar-refractivity contribution in [3.8, 4) is 0 Å². The minimum absolute atomic E-state index is 0. The van der Waals surface area contributed by atoms with Crippen LogP contribution in [0, 0.1) is 0 Å². The molecule has 0 aliphatic rings. The molecule has 0 aliphatic carbocycles. The molecule has 0 saturated carbocycles. The Morgan fingerprint density at radius 1 is 0.295 bits per heavy atom. The summed E-state index contributed by atoms with van der Waals surface area (Å²) in [5.74, 6) is -2.30. The molecule has 0 atom stereocenters. The summed E-state index contributed by atoms with van der Waals surface area (Å²) in [6.07, 6.45) is 0. The largest absolute Gasteiger partial charge is 1.00 e. The first kappa shape index (κ1) is 72.3. The van der Waals surface area contributed by atoms with Crippen LogP contribution in [-0.4, -0.2) is 162 Å². The maximum atomic E-state index is 11.1. The average molecular weight is 1300 g/mol. The molecule has 3 aromatic heterocycles. The minimum Gasteiger partial charge on any atom is -0.744 e. The van der Waals surface area contributed by atoms with Crippen LogP contribution in [0.2, 0.25) is 0 Å². The Bertz CT molecular complexity index is 3740. The first-order valence-electron chi connectivity index (χ1n) is 17.4. The van der Waals surface area contributed by atoms with Gasteiger partial charge in [0.2, 0.25) is 17.8 Å². The second-order valence-electron chi connectivity index (χ2n) is 12.8. The summed E-state index contributed by atoms with van der Waals surface area (Å²) in [5, 5.41) is -1.63. The smallest absolute Gasteiger partial charge is 0.744 e. The third kappa shape index (κ3) is 22.3. The Hall–Kier alpha value is -3.72. The van der Waals surface area contributed by atoms with Crippen LogP contribution < -0.4 is 105 Å². The van der Waals surface area contributed by atoms with Gasteiger partial charge in [0.1, 0.15) is 30.4 Å². The molecule has 3 aromatic carbocycles. The molecule has 0 unspecified atom stereocenters. The van der Waals surface area contributed by atoms with Gasteiger partial charge >= 0.3 is 149 Å². The van der Waals surface area contributed by atoms with Crippen molar-refractivity contribution >= 4 is 126 Å². The van der Waals surface area contributed by atoms with Crippen LogP contribution in [0.1, 0.15) is 0 Å². The van der Waals surface area contributed by atoms with E-state index in [-0.39, 0.29) is 106 Å². The van der Waals surface area contributed by atoms with E-state index < -0.39 is 155 Å². The number of benzene rings is 3. The van der Waals surface area contributed by atoms with Crippen molar-refractivity contribution in [2.45, 2.75) is 45.6 Å². The molecule has 0 radical (unpaired) electrons. The summed E-state index contributed by atoms with van der Waals surface area (Å²) < 4.78 is 285. The van der Waals surface area contributed by atoms with Gasteiger partial charge in [-0.3, -0.25) is 27.3 Å². The molecule has 39 nitrogen and oxygen atoms in total. The van der Waals surface area contributed by atoms with Gasteiger partial charge in [-0.1, -0.05) is 18.2 Å². The minimum atomic E-state index is -5.06. The standard InChI is InChI=1S/3C9H8N4O9S3.3Na/c3*14-23(15,16)6-3-1-2-5(4-6)10-7-11-8(24(17,18)19)13-9(12-7)25(20,21)22;;;/h3*1-4H,(H,14,15,16)(H,17,18,19)(H,20,21,22)(H,10,11,12,13);;;/q;;;3*+1/p-3. The molecule has 0 spiro atoms. The molecule has 0 saturated heterocycles. The number of nitrogens with zero attached hydrogens (tertiary/aromatic N) is 9. The Kier molecular flexibility index (Phi) is 24.9. The summed E-state index contributed by atoms with van der Waals surface area (Å²) in [7, 11) is -44.7. The van der Waals surface area contributed by atoms with Crippen molar-refractivity contribution in [3.05, 3.63) is 72.8 Å². The van der Waals surface area contributed by atoms with Crippen LogP contribution in [0.3, 0.4) is 0 Å². The Labute approximate surface area is 504 Å². The van der Waals surface area contributed by atoms with Gasteiger partial charge in [-0.2, -0.15) is 95.4 Å². The molecular weight excluding hydrogens is 1280 g/mol. The van der Waals surface area contributed by atoms with E-state index in [1.165, 1.54) is 18.2 Å². The molecule has 0 bridgehead atoms. The van der Waals surface area contributed by atoms with Crippen molar-refractivity contribution in [1.29, 1.82) is 0 Å².